The van der Waals surface area contributed by atoms with Gasteiger partial charge in [0, 0.05) is 12.6 Å². The number of carbonyl (C=O) groups excluding carboxylic acids is 1. The normalized spacial score (nSPS) is 30.7. The molecule has 1 saturated heterocycles. The number of halogens is 2. The van der Waals surface area contributed by atoms with E-state index >= 15 is 4.39 Å². The third kappa shape index (κ3) is 5.58. The Kier molecular flexibility index (Phi) is 7.91. The number of nitrogen functional groups attached to an aromatic ring is 1. The number of aromatic nitrogens is 2. The molecule has 2 fully saturated rings. The number of nitrogens with zero attached hydrogens (tertiary/aromatic N) is 2. The van der Waals surface area contributed by atoms with Gasteiger partial charge in [0.15, 0.2) is 0 Å². The molecule has 2 aliphatic rings. The van der Waals surface area contributed by atoms with E-state index in [4.69, 9.17) is 35.9 Å². The van der Waals surface area contributed by atoms with Gasteiger partial charge in [0.2, 0.25) is 5.13 Å². The molecule has 1 spiro atoms. The Labute approximate surface area is 222 Å². The van der Waals surface area contributed by atoms with E-state index in [2.05, 4.69) is 10.1 Å². The third-order valence-electron chi connectivity index (χ3n) is 6.15. The highest BCUT2D eigenvalue weighted by molar-refractivity contribution is 7.52. The molecule has 2 heterocycles. The molecule has 4 N–H and O–H groups in total. The summed E-state index contributed by atoms with van der Waals surface area (Å²) in [6.45, 7) is 4.09. The second kappa shape index (κ2) is 10.6. The van der Waals surface area contributed by atoms with Gasteiger partial charge >= 0.3 is 19.4 Å². The van der Waals surface area contributed by atoms with Crippen LogP contribution in [-0.4, -0.2) is 62.3 Å². The monoisotopic (exact) mass is 574 g/mol. The summed E-state index contributed by atoms with van der Waals surface area (Å²) in [5.74, 6) is -0.555. The molecule has 0 amide bonds. The predicted molar refractivity (Wildman–Crippen MR) is 134 cm³/mol. The van der Waals surface area contributed by atoms with Crippen molar-refractivity contribution in [1.82, 2.24) is 14.6 Å². The van der Waals surface area contributed by atoms with E-state index in [0.717, 1.165) is 4.57 Å². The van der Waals surface area contributed by atoms with Crippen LogP contribution in [0.15, 0.2) is 47.4 Å². The Bertz CT molecular complexity index is 1280. The molecule has 3 unspecified atom stereocenters. The lowest BCUT2D eigenvalue weighted by Crippen LogP contribution is -2.43. The quantitative estimate of drug-likeness (QED) is 0.217. The summed E-state index contributed by atoms with van der Waals surface area (Å²) < 4.78 is 52.4. The maximum Gasteiger partial charge on any atom is 0.459 e. The van der Waals surface area contributed by atoms with E-state index in [1.807, 2.05) is 0 Å². The van der Waals surface area contributed by atoms with Crippen LogP contribution < -0.4 is 21.0 Å². The van der Waals surface area contributed by atoms with Gasteiger partial charge in [0.25, 0.3) is 0 Å². The van der Waals surface area contributed by atoms with Crippen LogP contribution in [0.4, 0.5) is 10.2 Å². The number of alkyl halides is 2. The van der Waals surface area contributed by atoms with E-state index < -0.39 is 67.1 Å². The minimum absolute atomic E-state index is 0.00911. The Hall–Kier alpha value is -2.54. The Morgan fingerprint density at radius 3 is 2.68 bits per heavy atom. The summed E-state index contributed by atoms with van der Waals surface area (Å²) in [7, 11) is -4.31. The maximum atomic E-state index is 15.6. The minimum Gasteiger partial charge on any atom is -0.462 e. The fraction of sp³-hybridized carbons (Fsp3) is 0.522. The zero-order chi connectivity index (χ0) is 27.9. The molecule has 12 nitrogen and oxygen atoms in total. The summed E-state index contributed by atoms with van der Waals surface area (Å²) in [6.07, 6.45) is -2.44. The number of para-hydroxylation sites is 1. The average molecular weight is 575 g/mol. The number of aliphatic hydroxyl groups is 1. The first-order valence-corrected chi connectivity index (χ1v) is 13.8. The largest absolute Gasteiger partial charge is 0.462 e. The second-order valence-electron chi connectivity index (χ2n) is 9.41. The van der Waals surface area contributed by atoms with Crippen LogP contribution in [0.5, 0.6) is 5.75 Å². The van der Waals surface area contributed by atoms with Crippen molar-refractivity contribution in [2.75, 3.05) is 12.3 Å². The van der Waals surface area contributed by atoms with E-state index in [1.54, 1.807) is 32.0 Å². The van der Waals surface area contributed by atoms with Crippen LogP contribution in [0.1, 0.15) is 33.2 Å². The average Bonchev–Trinajstić information content (AvgIpc) is 3.52. The summed E-state index contributed by atoms with van der Waals surface area (Å²) in [5, 5.41) is 10.4. The number of hydrogen-bond acceptors (Lipinski definition) is 10. The molecule has 1 saturated carbocycles. The van der Waals surface area contributed by atoms with Gasteiger partial charge in [-0.25, -0.2) is 13.8 Å². The molecule has 2 aromatic rings. The topological polar surface area (TPSA) is 164 Å². The molecule has 1 aromatic carbocycles. The van der Waals surface area contributed by atoms with E-state index in [1.165, 1.54) is 31.3 Å². The number of benzene rings is 1. The number of nitrogens with one attached hydrogen (secondary N) is 1. The molecular weight excluding hydrogens is 546 g/mol. The zero-order valence-corrected chi connectivity index (χ0v) is 22.5. The fourth-order valence-electron chi connectivity index (χ4n) is 4.23. The Morgan fingerprint density at radius 2 is 2.05 bits per heavy atom. The molecule has 7 atom stereocenters. The SMILES string of the molecule is CC(C)OC(=O)[C@@H](C)N[P@](=O)(OCC1OC2(CC2n2ccc(N)nc2=O)[C@](F)(Cl)[C@@H]1O)Oc1ccccc1. The van der Waals surface area contributed by atoms with Crippen molar-refractivity contribution in [2.45, 2.75) is 68.3 Å². The summed E-state index contributed by atoms with van der Waals surface area (Å²) in [4.78, 5) is 28.2. The lowest BCUT2D eigenvalue weighted by atomic mass is 10.1. The highest BCUT2D eigenvalue weighted by Crippen LogP contribution is 2.65. The van der Waals surface area contributed by atoms with Crippen LogP contribution in [-0.2, 0) is 23.4 Å². The van der Waals surface area contributed by atoms with Crippen LogP contribution in [0.25, 0.3) is 0 Å². The molecule has 208 valence electrons. The number of esters is 1. The smallest absolute Gasteiger partial charge is 0.459 e. The lowest BCUT2D eigenvalue weighted by molar-refractivity contribution is -0.149. The number of aliphatic hydroxyl groups excluding tert-OH is 1. The van der Waals surface area contributed by atoms with E-state index in [-0.39, 0.29) is 18.0 Å². The molecule has 0 radical (unpaired) electrons. The van der Waals surface area contributed by atoms with Crippen molar-refractivity contribution >= 4 is 31.1 Å². The maximum absolute atomic E-state index is 15.6. The van der Waals surface area contributed by atoms with Gasteiger partial charge in [0.1, 0.15) is 35.4 Å². The summed E-state index contributed by atoms with van der Waals surface area (Å²) in [6, 6.07) is 7.40. The van der Waals surface area contributed by atoms with E-state index in [0.29, 0.717) is 0 Å². The van der Waals surface area contributed by atoms with Crippen LogP contribution in [0.2, 0.25) is 0 Å². The van der Waals surface area contributed by atoms with Crippen molar-refractivity contribution in [3.05, 3.63) is 53.1 Å². The predicted octanol–water partition coefficient (Wildman–Crippen LogP) is 2.31. The number of rotatable bonds is 10. The highest BCUT2D eigenvalue weighted by Gasteiger charge is 2.78. The lowest BCUT2D eigenvalue weighted by Gasteiger charge is -2.25. The van der Waals surface area contributed by atoms with Crippen molar-refractivity contribution in [2.24, 2.45) is 0 Å². The van der Waals surface area contributed by atoms with Gasteiger partial charge in [-0.3, -0.25) is 13.9 Å². The van der Waals surface area contributed by atoms with Crippen molar-refractivity contribution in [3.8, 4) is 5.75 Å². The van der Waals surface area contributed by atoms with Gasteiger partial charge in [-0.05, 0) is 39.0 Å². The molecule has 0 bridgehead atoms. The summed E-state index contributed by atoms with van der Waals surface area (Å²) >= 11 is 6.11. The number of nitrogens with two attached hydrogens (primary N) is 1. The highest BCUT2D eigenvalue weighted by atomic mass is 35.5. The molecule has 38 heavy (non-hydrogen) atoms. The molecule has 1 aliphatic carbocycles. The minimum atomic E-state index is -4.31. The Balaban J connectivity index is 1.51. The van der Waals surface area contributed by atoms with E-state index in [9.17, 15) is 19.3 Å². The molecule has 1 aromatic heterocycles. The molecule has 1 aliphatic heterocycles. The second-order valence-corrected chi connectivity index (χ2v) is 11.7. The van der Waals surface area contributed by atoms with Crippen LogP contribution >= 0.6 is 19.3 Å². The van der Waals surface area contributed by atoms with Gasteiger partial charge in [-0.1, -0.05) is 29.8 Å². The summed E-state index contributed by atoms with van der Waals surface area (Å²) in [5.41, 5.74) is 3.02. The van der Waals surface area contributed by atoms with Crippen molar-refractivity contribution in [3.63, 3.8) is 0 Å². The third-order valence-corrected chi connectivity index (χ3v) is 8.33. The fourth-order valence-corrected chi connectivity index (χ4v) is 6.12. The first-order valence-electron chi connectivity index (χ1n) is 11.8. The number of ether oxygens (including phenoxy) is 2. The van der Waals surface area contributed by atoms with Gasteiger partial charge in [0.05, 0.1) is 18.8 Å². The molecular formula is C23H29ClFN4O8P. The number of carbonyl (C=O) groups is 1. The van der Waals surface area contributed by atoms with Crippen molar-refractivity contribution in [1.29, 1.82) is 0 Å². The van der Waals surface area contributed by atoms with Crippen LogP contribution in [0, 0.1) is 0 Å². The number of anilines is 1. The zero-order valence-electron chi connectivity index (χ0n) is 20.8. The first kappa shape index (κ1) is 28.5. The van der Waals surface area contributed by atoms with Gasteiger partial charge < -0.3 is 24.8 Å². The first-order chi connectivity index (χ1) is 17.8. The Morgan fingerprint density at radius 1 is 1.37 bits per heavy atom. The van der Waals surface area contributed by atoms with Crippen molar-refractivity contribution < 1.29 is 37.4 Å². The standard InChI is InChI=1S/C23H29ClFN4O8P/c1-13(2)35-20(31)14(3)28-38(33,37-15-7-5-4-6-8-15)34-12-16-19(30)23(24,25)22(36-16)11-17(22)29-10-9-18(26)27-21(29)32/h4-10,13-14,16-17,19,30H,11-12H2,1-3H3,(H,28,33)(H2,26,27,32)/t14-,16?,17?,19-,22?,23+,38+/m1/s1. The molecule has 15 heteroatoms. The van der Waals surface area contributed by atoms with Crippen LogP contribution in [0.3, 0.4) is 0 Å². The molecule has 4 rings (SSSR count). The van der Waals surface area contributed by atoms with Gasteiger partial charge in [-0.15, -0.1) is 0 Å². The van der Waals surface area contributed by atoms with Gasteiger partial charge in [-0.2, -0.15) is 10.1 Å². The number of hydrogen-bond donors (Lipinski definition) is 3.